The van der Waals surface area contributed by atoms with Gasteiger partial charge in [0.1, 0.15) is 21.7 Å². The number of imidazole rings is 1. The Morgan fingerprint density at radius 1 is 1.38 bits per heavy atom. The molecule has 1 unspecified atom stereocenters. The fourth-order valence-electron chi connectivity index (χ4n) is 2.61. The van der Waals surface area contributed by atoms with Crippen molar-refractivity contribution in [2.75, 3.05) is 5.32 Å². The monoisotopic (exact) mass is 383 g/mol. The van der Waals surface area contributed by atoms with Crippen LogP contribution in [0.25, 0.3) is 16.2 Å². The lowest BCUT2D eigenvalue weighted by Gasteiger charge is -2.13. The van der Waals surface area contributed by atoms with Gasteiger partial charge in [0.15, 0.2) is 4.96 Å². The molecule has 1 fully saturated rings. The second kappa shape index (κ2) is 5.18. The third-order valence-electron chi connectivity index (χ3n) is 4.37. The second-order valence-corrected chi connectivity index (χ2v) is 8.40. The van der Waals surface area contributed by atoms with Crippen LogP contribution in [0.4, 0.5) is 10.2 Å². The first kappa shape index (κ1) is 15.9. The number of halogens is 3. The molecule has 1 atom stereocenters. The Labute approximate surface area is 151 Å². The minimum atomic E-state index is -1.05. The summed E-state index contributed by atoms with van der Waals surface area (Å²) in [6.07, 6.45) is 2.21. The quantitative estimate of drug-likeness (QED) is 0.664. The number of carbonyl (C=O) groups excluding carboxylic acids is 1. The van der Waals surface area contributed by atoms with Crippen LogP contribution in [0.5, 0.6) is 0 Å². The molecule has 0 aliphatic heterocycles. The molecule has 0 bridgehead atoms. The molecule has 1 saturated carbocycles. The molecule has 2 aromatic heterocycles. The number of carbonyl (C=O) groups is 1. The number of amides is 1. The minimum absolute atomic E-state index is 0.260. The Morgan fingerprint density at radius 2 is 2.04 bits per heavy atom. The molecule has 124 valence electrons. The molecular weight excluding hydrogens is 372 g/mol. The normalized spacial score (nSPS) is 21.8. The van der Waals surface area contributed by atoms with Gasteiger partial charge in [-0.3, -0.25) is 9.20 Å². The zero-order chi connectivity index (χ0) is 17.1. The molecule has 1 amide bonds. The van der Waals surface area contributed by atoms with E-state index >= 15 is 0 Å². The standard InChI is InChI=1S/C16H12Cl2FN3OS/c1-15(8-16(15,17)18)13(23)21-12-11(9-2-4-10(19)5-3-9)20-14-22(12)6-7-24-14/h2-7H,8H2,1H3,(H,21,23). The summed E-state index contributed by atoms with van der Waals surface area (Å²) in [6, 6.07) is 5.98. The van der Waals surface area contributed by atoms with Crippen LogP contribution in [0.1, 0.15) is 13.3 Å². The van der Waals surface area contributed by atoms with Crippen LogP contribution in [0.15, 0.2) is 35.8 Å². The van der Waals surface area contributed by atoms with E-state index in [1.165, 1.54) is 23.5 Å². The number of thiazole rings is 1. The molecule has 4 rings (SSSR count). The molecular formula is C16H12Cl2FN3OS. The van der Waals surface area contributed by atoms with E-state index in [0.717, 1.165) is 4.96 Å². The summed E-state index contributed by atoms with van der Waals surface area (Å²) < 4.78 is 13.9. The van der Waals surface area contributed by atoms with Crippen molar-refractivity contribution in [3.63, 3.8) is 0 Å². The predicted molar refractivity (Wildman–Crippen MR) is 94.3 cm³/mol. The maximum absolute atomic E-state index is 13.2. The number of fused-ring (bicyclic) bond motifs is 1. The fraction of sp³-hybridized carbons (Fsp3) is 0.250. The SMILES string of the molecule is CC1(C(=O)Nc2c(-c3ccc(F)cc3)nc3sccn23)CC1(Cl)Cl. The molecule has 8 heteroatoms. The summed E-state index contributed by atoms with van der Waals surface area (Å²) in [4.78, 5) is 17.9. The Morgan fingerprint density at radius 3 is 2.67 bits per heavy atom. The maximum Gasteiger partial charge on any atom is 0.234 e. The van der Waals surface area contributed by atoms with Crippen LogP contribution in [-0.4, -0.2) is 19.6 Å². The van der Waals surface area contributed by atoms with Gasteiger partial charge in [-0.25, -0.2) is 9.37 Å². The summed E-state index contributed by atoms with van der Waals surface area (Å²) in [7, 11) is 0. The molecule has 24 heavy (non-hydrogen) atoms. The summed E-state index contributed by atoms with van der Waals surface area (Å²) in [5.74, 6) is -0.0612. The van der Waals surface area contributed by atoms with Gasteiger partial charge in [-0.1, -0.05) is 0 Å². The average Bonchev–Trinajstić information content (AvgIpc) is 2.87. The van der Waals surface area contributed by atoms with Gasteiger partial charge in [-0.15, -0.1) is 34.5 Å². The summed E-state index contributed by atoms with van der Waals surface area (Å²) >= 11 is 13.6. The van der Waals surface area contributed by atoms with Crippen LogP contribution in [0.2, 0.25) is 0 Å². The van der Waals surface area contributed by atoms with Gasteiger partial charge in [0.05, 0.1) is 5.41 Å². The van der Waals surface area contributed by atoms with Crippen molar-refractivity contribution in [3.05, 3.63) is 41.7 Å². The molecule has 0 spiro atoms. The molecule has 1 aliphatic rings. The summed E-state index contributed by atoms with van der Waals surface area (Å²) in [6.45, 7) is 1.73. The first-order valence-electron chi connectivity index (χ1n) is 7.23. The first-order chi connectivity index (χ1) is 11.3. The molecule has 1 aliphatic carbocycles. The van der Waals surface area contributed by atoms with Crippen molar-refractivity contribution in [2.45, 2.75) is 17.7 Å². The van der Waals surface area contributed by atoms with Crippen molar-refractivity contribution in [1.82, 2.24) is 9.38 Å². The van der Waals surface area contributed by atoms with Crippen LogP contribution in [0, 0.1) is 11.2 Å². The highest BCUT2D eigenvalue weighted by Crippen LogP contribution is 2.64. The molecule has 3 aromatic rings. The highest BCUT2D eigenvalue weighted by Gasteiger charge is 2.68. The van der Waals surface area contributed by atoms with Gasteiger partial charge < -0.3 is 5.32 Å². The lowest BCUT2D eigenvalue weighted by molar-refractivity contribution is -0.120. The molecule has 0 radical (unpaired) electrons. The lowest BCUT2D eigenvalue weighted by atomic mass is 10.1. The fourth-order valence-corrected chi connectivity index (χ4v) is 4.03. The topological polar surface area (TPSA) is 46.4 Å². The van der Waals surface area contributed by atoms with E-state index in [-0.39, 0.29) is 11.7 Å². The molecule has 4 nitrogen and oxygen atoms in total. The number of alkyl halides is 2. The smallest absolute Gasteiger partial charge is 0.234 e. The van der Waals surface area contributed by atoms with Gasteiger partial charge in [-0.2, -0.15) is 0 Å². The van der Waals surface area contributed by atoms with Gasteiger partial charge in [0.2, 0.25) is 5.91 Å². The number of benzene rings is 1. The number of nitrogens with one attached hydrogen (secondary N) is 1. The van der Waals surface area contributed by atoms with E-state index in [4.69, 9.17) is 23.2 Å². The Bertz CT molecular complexity index is 950. The Kier molecular flexibility index (Phi) is 3.43. The number of hydrogen-bond acceptors (Lipinski definition) is 3. The van der Waals surface area contributed by atoms with Gasteiger partial charge in [0.25, 0.3) is 0 Å². The Hall–Kier alpha value is -1.63. The van der Waals surface area contributed by atoms with Gasteiger partial charge in [-0.05, 0) is 37.6 Å². The zero-order valence-corrected chi connectivity index (χ0v) is 14.8. The van der Waals surface area contributed by atoms with Crippen LogP contribution < -0.4 is 5.32 Å². The summed E-state index contributed by atoms with van der Waals surface area (Å²) in [5.41, 5.74) is 0.455. The van der Waals surface area contributed by atoms with E-state index in [2.05, 4.69) is 10.3 Å². The largest absolute Gasteiger partial charge is 0.309 e. The average molecular weight is 384 g/mol. The maximum atomic E-state index is 13.2. The minimum Gasteiger partial charge on any atom is -0.309 e. The molecule has 0 saturated heterocycles. The number of anilines is 1. The molecule has 1 N–H and O–H groups in total. The van der Waals surface area contributed by atoms with Crippen molar-refractivity contribution >= 4 is 51.2 Å². The second-order valence-electron chi connectivity index (χ2n) is 6.04. The van der Waals surface area contributed by atoms with Crippen LogP contribution >= 0.6 is 34.5 Å². The van der Waals surface area contributed by atoms with Crippen LogP contribution in [0.3, 0.4) is 0 Å². The van der Waals surface area contributed by atoms with Gasteiger partial charge in [0, 0.05) is 17.1 Å². The van der Waals surface area contributed by atoms with Crippen molar-refractivity contribution in [1.29, 1.82) is 0 Å². The Balaban J connectivity index is 1.76. The third-order valence-corrected chi connectivity index (χ3v) is 6.23. The van der Waals surface area contributed by atoms with Crippen molar-refractivity contribution in [2.24, 2.45) is 5.41 Å². The lowest BCUT2D eigenvalue weighted by Crippen LogP contribution is -2.26. The first-order valence-corrected chi connectivity index (χ1v) is 8.86. The highest BCUT2D eigenvalue weighted by atomic mass is 35.5. The van der Waals surface area contributed by atoms with E-state index in [1.807, 2.05) is 11.6 Å². The number of hydrogen-bond donors (Lipinski definition) is 1. The van der Waals surface area contributed by atoms with Crippen molar-refractivity contribution in [3.8, 4) is 11.3 Å². The summed E-state index contributed by atoms with van der Waals surface area (Å²) in [5, 5.41) is 4.77. The predicted octanol–water partition coefficient (Wildman–Crippen LogP) is 4.72. The van der Waals surface area contributed by atoms with E-state index in [9.17, 15) is 9.18 Å². The van der Waals surface area contributed by atoms with E-state index in [1.54, 1.807) is 23.5 Å². The molecule has 1 aromatic carbocycles. The number of rotatable bonds is 3. The highest BCUT2D eigenvalue weighted by molar-refractivity contribution is 7.15. The van der Waals surface area contributed by atoms with Gasteiger partial charge >= 0.3 is 0 Å². The zero-order valence-electron chi connectivity index (χ0n) is 12.5. The van der Waals surface area contributed by atoms with Crippen LogP contribution in [-0.2, 0) is 4.79 Å². The van der Waals surface area contributed by atoms with E-state index < -0.39 is 9.75 Å². The molecule has 2 heterocycles. The third kappa shape index (κ3) is 2.32. The van der Waals surface area contributed by atoms with E-state index in [0.29, 0.717) is 23.5 Å². The van der Waals surface area contributed by atoms with Crippen molar-refractivity contribution < 1.29 is 9.18 Å². The number of aromatic nitrogens is 2. The number of nitrogens with zero attached hydrogens (tertiary/aromatic N) is 2.